The van der Waals surface area contributed by atoms with Crippen LogP contribution < -0.4 is 10.6 Å². The van der Waals surface area contributed by atoms with E-state index in [1.54, 1.807) is 57.2 Å². The van der Waals surface area contributed by atoms with Crippen LogP contribution >= 0.6 is 0 Å². The Labute approximate surface area is 268 Å². The van der Waals surface area contributed by atoms with Gasteiger partial charge in [0.25, 0.3) is 0 Å². The molecule has 2 amide bonds. The van der Waals surface area contributed by atoms with Crippen LogP contribution in [0.1, 0.15) is 72.2 Å². The number of carbonyl (C=O) groups excluding carboxylic acids is 4. The highest BCUT2D eigenvalue weighted by Crippen LogP contribution is 2.70. The summed E-state index contributed by atoms with van der Waals surface area (Å²) in [4.78, 5) is 50.1. The van der Waals surface area contributed by atoms with Gasteiger partial charge in [-0.2, -0.15) is 0 Å². The molecule has 4 fully saturated rings. The molecule has 1 heterocycles. The minimum Gasteiger partial charge on any atom is -0.444 e. The standard InChI is InChI=1S/C35H44N2O9/c1-32(2,3)46-31(43)36-17-28(42)37-21-9-6-19(7-10-21)30-44-27-15-24-23-11-8-20-14-22(39)12-13-33(20,4)29(23)25(40)16-34(24,5)35(27,45-30)26(41)18-38/h6-7,9-10,12-14,23-25,27,29-30,38,40H,8,11,15-18H2,1-5H3,(H,36,43)(H,37,42)/t23-,24-,25-,27+,29+,30+,33-,34-,35+/m0/s1. The summed E-state index contributed by atoms with van der Waals surface area (Å²) in [7, 11) is 0. The van der Waals surface area contributed by atoms with E-state index in [9.17, 15) is 29.4 Å². The van der Waals surface area contributed by atoms with Crippen molar-refractivity contribution in [1.82, 2.24) is 5.32 Å². The van der Waals surface area contributed by atoms with Gasteiger partial charge in [0.1, 0.15) is 18.8 Å². The molecule has 1 aromatic rings. The molecular weight excluding hydrogens is 592 g/mol. The molecular formula is C35H44N2O9. The smallest absolute Gasteiger partial charge is 0.408 e. The van der Waals surface area contributed by atoms with Crippen LogP contribution in [0.3, 0.4) is 0 Å². The van der Waals surface area contributed by atoms with Crippen molar-refractivity contribution in [2.24, 2.45) is 28.6 Å². The van der Waals surface area contributed by atoms with Gasteiger partial charge >= 0.3 is 6.09 Å². The fraction of sp³-hybridized carbons (Fsp3) is 0.600. The molecule has 5 aliphatic rings. The zero-order chi connectivity index (χ0) is 33.2. The number of ketones is 2. The molecule has 11 nitrogen and oxygen atoms in total. The highest BCUT2D eigenvalue weighted by Gasteiger charge is 2.75. The average molecular weight is 637 g/mol. The van der Waals surface area contributed by atoms with Crippen molar-refractivity contribution in [2.75, 3.05) is 18.5 Å². The molecule has 9 atom stereocenters. The Hall–Kier alpha value is -3.38. The molecule has 3 saturated carbocycles. The van der Waals surface area contributed by atoms with Crippen LogP contribution in [0.15, 0.2) is 48.1 Å². The van der Waals surface area contributed by atoms with Gasteiger partial charge in [-0.05, 0) is 82.6 Å². The molecule has 4 aliphatic carbocycles. The lowest BCUT2D eigenvalue weighted by Crippen LogP contribution is -2.63. The largest absolute Gasteiger partial charge is 0.444 e. The second-order valence-corrected chi connectivity index (χ2v) is 14.9. The number of amides is 2. The van der Waals surface area contributed by atoms with E-state index in [4.69, 9.17) is 14.2 Å². The third-order valence-electron chi connectivity index (χ3n) is 11.1. The van der Waals surface area contributed by atoms with E-state index < -0.39 is 64.9 Å². The van der Waals surface area contributed by atoms with Gasteiger partial charge in [-0.25, -0.2) is 4.79 Å². The van der Waals surface area contributed by atoms with Crippen LogP contribution in [0.4, 0.5) is 10.5 Å². The Morgan fingerprint density at radius 3 is 2.52 bits per heavy atom. The molecule has 6 rings (SSSR count). The number of ether oxygens (including phenoxy) is 3. The molecule has 0 aromatic heterocycles. The van der Waals surface area contributed by atoms with E-state index in [0.717, 1.165) is 18.4 Å². The van der Waals surface area contributed by atoms with Crippen LogP contribution in [0.5, 0.6) is 0 Å². The second-order valence-electron chi connectivity index (χ2n) is 14.9. The molecule has 1 saturated heterocycles. The molecule has 46 heavy (non-hydrogen) atoms. The zero-order valence-corrected chi connectivity index (χ0v) is 27.0. The molecule has 0 spiro atoms. The third-order valence-corrected chi connectivity index (χ3v) is 11.1. The van der Waals surface area contributed by atoms with Crippen molar-refractivity contribution in [3.8, 4) is 0 Å². The third kappa shape index (κ3) is 5.21. The van der Waals surface area contributed by atoms with Gasteiger partial charge in [-0.1, -0.05) is 37.6 Å². The number of hydrogen-bond donors (Lipinski definition) is 4. The lowest BCUT2D eigenvalue weighted by molar-refractivity contribution is -0.201. The van der Waals surface area contributed by atoms with E-state index in [-0.39, 0.29) is 30.1 Å². The van der Waals surface area contributed by atoms with E-state index in [1.165, 1.54) is 0 Å². The molecule has 248 valence electrons. The minimum absolute atomic E-state index is 0.00127. The zero-order valence-electron chi connectivity index (χ0n) is 27.0. The number of carbonyl (C=O) groups is 4. The highest BCUT2D eigenvalue weighted by molar-refractivity contribution is 6.01. The van der Waals surface area contributed by atoms with E-state index in [1.807, 2.05) is 13.0 Å². The van der Waals surface area contributed by atoms with Crippen LogP contribution in [-0.2, 0) is 28.6 Å². The summed E-state index contributed by atoms with van der Waals surface area (Å²) < 4.78 is 18.3. The van der Waals surface area contributed by atoms with Crippen molar-refractivity contribution in [3.63, 3.8) is 0 Å². The normalized spacial score (nSPS) is 37.7. The number of fused-ring (bicyclic) bond motifs is 7. The molecule has 1 aliphatic heterocycles. The first-order chi connectivity index (χ1) is 21.6. The SMILES string of the molecule is CC(C)(C)OC(=O)NCC(=O)Nc1ccc([C@@H]2O[C@@H]3C[C@H]4[C@@H]5CCC6=CC(=O)C=C[C@]6(C)[C@H]5[C@@H](O)C[C@]4(C)[C@]3(C(=O)CO)O2)cc1. The number of allylic oxidation sites excluding steroid dienone is 4. The van der Waals surface area contributed by atoms with Crippen LogP contribution in [-0.4, -0.2) is 70.3 Å². The second kappa shape index (κ2) is 11.4. The Morgan fingerprint density at radius 2 is 1.85 bits per heavy atom. The van der Waals surface area contributed by atoms with Gasteiger partial charge in [-0.15, -0.1) is 0 Å². The summed E-state index contributed by atoms with van der Waals surface area (Å²) >= 11 is 0. The van der Waals surface area contributed by atoms with Crippen LogP contribution in [0.2, 0.25) is 0 Å². The van der Waals surface area contributed by atoms with Crippen molar-refractivity contribution in [1.29, 1.82) is 0 Å². The van der Waals surface area contributed by atoms with Crippen LogP contribution in [0.25, 0.3) is 0 Å². The lowest BCUT2D eigenvalue weighted by atomic mass is 9.46. The van der Waals surface area contributed by atoms with Gasteiger partial charge in [0.05, 0.1) is 12.2 Å². The van der Waals surface area contributed by atoms with Gasteiger partial charge in [0, 0.05) is 28.0 Å². The molecule has 0 radical (unpaired) electrons. The highest BCUT2D eigenvalue weighted by atomic mass is 16.7. The van der Waals surface area contributed by atoms with Crippen LogP contribution in [0, 0.1) is 28.6 Å². The van der Waals surface area contributed by atoms with Gasteiger partial charge < -0.3 is 35.1 Å². The Morgan fingerprint density at radius 1 is 1.13 bits per heavy atom. The number of rotatable bonds is 6. The summed E-state index contributed by atoms with van der Waals surface area (Å²) in [6, 6.07) is 6.82. The quantitative estimate of drug-likeness (QED) is 0.365. The Balaban J connectivity index is 1.18. The molecule has 11 heteroatoms. The number of Topliss-reactive ketones (excluding diaryl/α,β-unsaturated/α-hetero) is 1. The van der Waals surface area contributed by atoms with E-state index >= 15 is 0 Å². The monoisotopic (exact) mass is 636 g/mol. The summed E-state index contributed by atoms with van der Waals surface area (Å²) in [6.45, 7) is 8.31. The maximum Gasteiger partial charge on any atom is 0.408 e. The number of benzene rings is 1. The van der Waals surface area contributed by atoms with E-state index in [2.05, 4.69) is 17.6 Å². The topological polar surface area (TPSA) is 160 Å². The number of aliphatic hydroxyl groups is 2. The first-order valence-electron chi connectivity index (χ1n) is 16.1. The summed E-state index contributed by atoms with van der Waals surface area (Å²) in [5.41, 5.74) is -1.19. The first-order valence-corrected chi connectivity index (χ1v) is 16.1. The van der Waals surface area contributed by atoms with Gasteiger partial charge in [-0.3, -0.25) is 14.4 Å². The average Bonchev–Trinajstić information content (AvgIpc) is 3.48. The fourth-order valence-electron chi connectivity index (χ4n) is 9.23. The van der Waals surface area contributed by atoms with Crippen molar-refractivity contribution in [2.45, 2.75) is 90.0 Å². The summed E-state index contributed by atoms with van der Waals surface area (Å²) in [6.07, 6.45) is 4.67. The first kappa shape index (κ1) is 32.6. The summed E-state index contributed by atoms with van der Waals surface area (Å²) in [5, 5.41) is 27.1. The number of hydrogen-bond acceptors (Lipinski definition) is 9. The predicted molar refractivity (Wildman–Crippen MR) is 166 cm³/mol. The Kier molecular flexibility index (Phi) is 8.07. The van der Waals surface area contributed by atoms with Crippen molar-refractivity contribution in [3.05, 3.63) is 53.6 Å². The Bertz CT molecular complexity index is 1500. The number of alkyl carbamates (subject to hydrolysis) is 1. The fourth-order valence-corrected chi connectivity index (χ4v) is 9.23. The number of nitrogens with one attached hydrogen (secondary N) is 2. The molecule has 0 bridgehead atoms. The van der Waals surface area contributed by atoms with Crippen molar-refractivity contribution < 1.29 is 43.6 Å². The lowest BCUT2D eigenvalue weighted by Gasteiger charge is -2.59. The van der Waals surface area contributed by atoms with Crippen molar-refractivity contribution >= 4 is 29.3 Å². The summed E-state index contributed by atoms with van der Waals surface area (Å²) in [5.74, 6) is -0.963. The molecule has 4 N–H and O–H groups in total. The number of anilines is 1. The molecule has 1 aromatic carbocycles. The maximum atomic E-state index is 13.7. The predicted octanol–water partition coefficient (Wildman–Crippen LogP) is 3.75. The van der Waals surface area contributed by atoms with Gasteiger partial charge in [0.15, 0.2) is 23.5 Å². The van der Waals surface area contributed by atoms with Gasteiger partial charge in [0.2, 0.25) is 5.91 Å². The van der Waals surface area contributed by atoms with E-state index in [0.29, 0.717) is 24.1 Å². The maximum absolute atomic E-state index is 13.7. The minimum atomic E-state index is -1.45. The molecule has 0 unspecified atom stereocenters. The number of aliphatic hydroxyl groups excluding tert-OH is 2.